The van der Waals surface area contributed by atoms with Gasteiger partial charge in [0.2, 0.25) is 0 Å². The minimum atomic E-state index is 0.477. The average molecular weight is 251 g/mol. The first-order valence-electron chi connectivity index (χ1n) is 7.11. The number of rotatable bonds is 5. The number of hydrogen-bond acceptors (Lipinski definition) is 4. The fourth-order valence-corrected chi connectivity index (χ4v) is 2.36. The highest BCUT2D eigenvalue weighted by atomic mass is 16.4. The number of nitrogens with zero attached hydrogens (tertiary/aromatic N) is 2. The number of hydrogen-bond donors (Lipinski definition) is 1. The van der Waals surface area contributed by atoms with E-state index in [0.717, 1.165) is 37.3 Å². The van der Waals surface area contributed by atoms with Crippen LogP contribution in [0.4, 0.5) is 6.01 Å². The predicted octanol–water partition coefficient (Wildman–Crippen LogP) is 2.80. The van der Waals surface area contributed by atoms with Crippen molar-refractivity contribution in [3.63, 3.8) is 0 Å². The lowest BCUT2D eigenvalue weighted by Gasteiger charge is -2.30. The molecule has 4 nitrogen and oxygen atoms in total. The van der Waals surface area contributed by atoms with E-state index >= 15 is 0 Å². The van der Waals surface area contributed by atoms with E-state index in [4.69, 9.17) is 4.42 Å². The maximum Gasteiger partial charge on any atom is 0.297 e. The second-order valence-corrected chi connectivity index (χ2v) is 5.50. The van der Waals surface area contributed by atoms with Crippen molar-refractivity contribution in [2.24, 2.45) is 5.92 Å². The Morgan fingerprint density at radius 3 is 2.78 bits per heavy atom. The van der Waals surface area contributed by atoms with Crippen LogP contribution in [-0.2, 0) is 6.54 Å². The van der Waals surface area contributed by atoms with Crippen molar-refractivity contribution < 1.29 is 4.42 Å². The molecule has 1 fully saturated rings. The Balaban J connectivity index is 1.86. The van der Waals surface area contributed by atoms with E-state index in [1.165, 1.54) is 19.3 Å². The molecule has 102 valence electrons. The number of anilines is 1. The zero-order valence-corrected chi connectivity index (χ0v) is 11.8. The molecule has 0 bridgehead atoms. The Labute approximate surface area is 110 Å². The number of nitrogens with one attached hydrogen (secondary N) is 1. The fraction of sp³-hybridized carbons (Fsp3) is 0.786. The molecule has 1 aliphatic heterocycles. The quantitative estimate of drug-likeness (QED) is 0.873. The SMILES string of the molecule is CCC1CCN(c2nc(CNC(C)C)co2)CC1. The van der Waals surface area contributed by atoms with Crippen LogP contribution in [0.25, 0.3) is 0 Å². The molecule has 1 N–H and O–H groups in total. The average Bonchev–Trinajstić information content (AvgIpc) is 2.85. The van der Waals surface area contributed by atoms with Gasteiger partial charge in [0.15, 0.2) is 0 Å². The molecule has 2 heterocycles. The summed E-state index contributed by atoms with van der Waals surface area (Å²) in [5.74, 6) is 0.887. The second-order valence-electron chi connectivity index (χ2n) is 5.50. The lowest BCUT2D eigenvalue weighted by Crippen LogP contribution is -2.33. The monoisotopic (exact) mass is 251 g/mol. The van der Waals surface area contributed by atoms with E-state index in [9.17, 15) is 0 Å². The van der Waals surface area contributed by atoms with Gasteiger partial charge in [-0.15, -0.1) is 0 Å². The Morgan fingerprint density at radius 1 is 1.44 bits per heavy atom. The van der Waals surface area contributed by atoms with Crippen molar-refractivity contribution in [3.05, 3.63) is 12.0 Å². The molecule has 1 aliphatic rings. The van der Waals surface area contributed by atoms with Crippen LogP contribution < -0.4 is 10.2 Å². The summed E-state index contributed by atoms with van der Waals surface area (Å²) in [5, 5.41) is 3.35. The smallest absolute Gasteiger partial charge is 0.297 e. The first kappa shape index (κ1) is 13.4. The van der Waals surface area contributed by atoms with E-state index in [1.807, 2.05) is 0 Å². The maximum atomic E-state index is 5.58. The lowest BCUT2D eigenvalue weighted by molar-refractivity contribution is 0.378. The second kappa shape index (κ2) is 6.23. The van der Waals surface area contributed by atoms with Crippen LogP contribution in [0.3, 0.4) is 0 Å². The van der Waals surface area contributed by atoms with E-state index in [0.29, 0.717) is 6.04 Å². The summed E-state index contributed by atoms with van der Waals surface area (Å²) in [5.41, 5.74) is 0.997. The molecule has 4 heteroatoms. The minimum absolute atomic E-state index is 0.477. The molecule has 1 aromatic rings. The van der Waals surface area contributed by atoms with Gasteiger partial charge >= 0.3 is 0 Å². The first-order valence-corrected chi connectivity index (χ1v) is 7.11. The molecule has 2 rings (SSSR count). The van der Waals surface area contributed by atoms with Crippen molar-refractivity contribution in [1.29, 1.82) is 0 Å². The van der Waals surface area contributed by atoms with Gasteiger partial charge in [-0.05, 0) is 18.8 Å². The van der Waals surface area contributed by atoms with Crippen LogP contribution in [0.1, 0.15) is 45.7 Å². The van der Waals surface area contributed by atoms with Gasteiger partial charge in [0, 0.05) is 25.7 Å². The van der Waals surface area contributed by atoms with Gasteiger partial charge in [-0.1, -0.05) is 27.2 Å². The molecular weight excluding hydrogens is 226 g/mol. The Hall–Kier alpha value is -1.03. The molecule has 1 aromatic heterocycles. The summed E-state index contributed by atoms with van der Waals surface area (Å²) < 4.78 is 5.58. The van der Waals surface area contributed by atoms with Gasteiger partial charge in [0.1, 0.15) is 6.26 Å². The van der Waals surface area contributed by atoms with E-state index in [2.05, 4.69) is 36.0 Å². The summed E-state index contributed by atoms with van der Waals surface area (Å²) in [6, 6.07) is 1.27. The molecule has 0 aromatic carbocycles. The summed E-state index contributed by atoms with van der Waals surface area (Å²) in [7, 11) is 0. The number of piperidine rings is 1. The zero-order valence-electron chi connectivity index (χ0n) is 11.8. The molecule has 0 radical (unpaired) electrons. The highest BCUT2D eigenvalue weighted by Gasteiger charge is 2.21. The summed E-state index contributed by atoms with van der Waals surface area (Å²) in [6.45, 7) is 9.49. The third-order valence-corrected chi connectivity index (χ3v) is 3.69. The lowest BCUT2D eigenvalue weighted by atomic mass is 9.95. The molecule has 0 saturated carbocycles. The minimum Gasteiger partial charge on any atom is -0.432 e. The van der Waals surface area contributed by atoms with Crippen molar-refractivity contribution >= 4 is 6.01 Å². The number of oxazole rings is 1. The first-order chi connectivity index (χ1) is 8.69. The molecule has 0 spiro atoms. The summed E-state index contributed by atoms with van der Waals surface area (Å²) in [6.07, 6.45) is 5.59. The third kappa shape index (κ3) is 3.48. The number of aromatic nitrogens is 1. The van der Waals surface area contributed by atoms with Crippen molar-refractivity contribution in [1.82, 2.24) is 10.3 Å². The third-order valence-electron chi connectivity index (χ3n) is 3.69. The molecule has 0 unspecified atom stereocenters. The van der Waals surface area contributed by atoms with Crippen LogP contribution in [0.2, 0.25) is 0 Å². The molecule has 0 aliphatic carbocycles. The normalized spacial score (nSPS) is 17.7. The maximum absolute atomic E-state index is 5.58. The highest BCUT2D eigenvalue weighted by molar-refractivity contribution is 5.27. The topological polar surface area (TPSA) is 41.3 Å². The summed E-state index contributed by atoms with van der Waals surface area (Å²) >= 11 is 0. The predicted molar refractivity (Wildman–Crippen MR) is 73.7 cm³/mol. The summed E-state index contributed by atoms with van der Waals surface area (Å²) in [4.78, 5) is 6.82. The van der Waals surface area contributed by atoms with Gasteiger partial charge in [-0.3, -0.25) is 0 Å². The van der Waals surface area contributed by atoms with Crippen molar-refractivity contribution in [2.45, 2.75) is 52.6 Å². The van der Waals surface area contributed by atoms with E-state index in [1.54, 1.807) is 6.26 Å². The van der Waals surface area contributed by atoms with Crippen LogP contribution in [0, 0.1) is 5.92 Å². The Bertz CT molecular complexity index is 354. The highest BCUT2D eigenvalue weighted by Crippen LogP contribution is 2.24. The van der Waals surface area contributed by atoms with Gasteiger partial charge in [-0.25, -0.2) is 0 Å². The van der Waals surface area contributed by atoms with Crippen LogP contribution in [0.15, 0.2) is 10.7 Å². The molecular formula is C14H25N3O. The fourth-order valence-electron chi connectivity index (χ4n) is 2.36. The van der Waals surface area contributed by atoms with E-state index < -0.39 is 0 Å². The largest absolute Gasteiger partial charge is 0.432 e. The van der Waals surface area contributed by atoms with Crippen LogP contribution in [-0.4, -0.2) is 24.1 Å². The van der Waals surface area contributed by atoms with Gasteiger partial charge < -0.3 is 14.6 Å². The molecule has 0 atom stereocenters. The van der Waals surface area contributed by atoms with E-state index in [-0.39, 0.29) is 0 Å². The molecule has 1 saturated heterocycles. The standard InChI is InChI=1S/C14H25N3O/c1-4-12-5-7-17(8-6-12)14-16-13(10-18-14)9-15-11(2)3/h10-12,15H,4-9H2,1-3H3. The van der Waals surface area contributed by atoms with Gasteiger partial charge in [-0.2, -0.15) is 4.98 Å². The Kier molecular flexibility index (Phi) is 4.64. The molecule has 18 heavy (non-hydrogen) atoms. The molecule has 0 amide bonds. The Morgan fingerprint density at radius 2 is 2.17 bits per heavy atom. The van der Waals surface area contributed by atoms with Crippen LogP contribution >= 0.6 is 0 Å². The van der Waals surface area contributed by atoms with Crippen molar-refractivity contribution in [2.75, 3.05) is 18.0 Å². The van der Waals surface area contributed by atoms with Gasteiger partial charge in [0.05, 0.1) is 5.69 Å². The van der Waals surface area contributed by atoms with Gasteiger partial charge in [0.25, 0.3) is 6.01 Å². The zero-order chi connectivity index (χ0) is 13.0. The van der Waals surface area contributed by atoms with Crippen LogP contribution in [0.5, 0.6) is 0 Å². The van der Waals surface area contributed by atoms with Crippen molar-refractivity contribution in [3.8, 4) is 0 Å².